The van der Waals surface area contributed by atoms with Crippen LogP contribution in [0.2, 0.25) is 0 Å². The van der Waals surface area contributed by atoms with Crippen molar-refractivity contribution in [1.82, 2.24) is 15.1 Å². The van der Waals surface area contributed by atoms with Crippen LogP contribution in [0.15, 0.2) is 42.7 Å². The first-order valence-electron chi connectivity index (χ1n) is 5.79. The molecule has 1 unspecified atom stereocenters. The number of nitrogens with zero attached hydrogens (tertiary/aromatic N) is 2. The third-order valence-corrected chi connectivity index (χ3v) is 2.60. The molecule has 2 rings (SSSR count). The van der Waals surface area contributed by atoms with Crippen molar-refractivity contribution in [1.29, 1.82) is 0 Å². The fraction of sp³-hybridized carbons (Fsp3) is 0.231. The molecule has 1 amide bonds. The first kappa shape index (κ1) is 12.2. The lowest BCUT2D eigenvalue weighted by molar-refractivity contribution is 0.0937. The van der Waals surface area contributed by atoms with E-state index in [1.165, 1.54) is 0 Å². The monoisotopic (exact) mass is 244 g/mol. The highest BCUT2D eigenvalue weighted by atomic mass is 16.1. The van der Waals surface area contributed by atoms with Crippen LogP contribution in [0.3, 0.4) is 0 Å². The van der Waals surface area contributed by atoms with Gasteiger partial charge in [0, 0.05) is 24.1 Å². The summed E-state index contributed by atoms with van der Waals surface area (Å²) < 4.78 is 1.78. The molecule has 0 radical (unpaired) electrons. The van der Waals surface area contributed by atoms with Crippen molar-refractivity contribution < 1.29 is 4.79 Å². The Morgan fingerprint density at radius 2 is 2.22 bits per heavy atom. The van der Waals surface area contributed by atoms with E-state index in [0.29, 0.717) is 17.8 Å². The zero-order chi connectivity index (χ0) is 13.0. The number of rotatable bonds is 4. The van der Waals surface area contributed by atoms with E-state index >= 15 is 0 Å². The van der Waals surface area contributed by atoms with Crippen LogP contribution in [-0.4, -0.2) is 21.7 Å². The van der Waals surface area contributed by atoms with Crippen LogP contribution < -0.4 is 11.1 Å². The molecule has 3 N–H and O–H groups in total. The van der Waals surface area contributed by atoms with E-state index in [1.54, 1.807) is 35.1 Å². The second kappa shape index (κ2) is 5.35. The number of carbonyl (C=O) groups excluding carboxylic acids is 1. The number of nitrogens with one attached hydrogen (secondary N) is 1. The summed E-state index contributed by atoms with van der Waals surface area (Å²) in [4.78, 5) is 12.0. The summed E-state index contributed by atoms with van der Waals surface area (Å²) >= 11 is 0. The number of hydrogen-bond donors (Lipinski definition) is 2. The quantitative estimate of drug-likeness (QED) is 0.796. The molecule has 0 aliphatic rings. The summed E-state index contributed by atoms with van der Waals surface area (Å²) in [5, 5.41) is 6.99. The number of carbonyl (C=O) groups is 1. The number of anilines is 1. The van der Waals surface area contributed by atoms with Gasteiger partial charge in [-0.05, 0) is 25.1 Å². The minimum Gasteiger partial charge on any atom is -0.398 e. The van der Waals surface area contributed by atoms with Crippen molar-refractivity contribution in [3.63, 3.8) is 0 Å². The molecule has 0 spiro atoms. The SMILES string of the molecule is CC(Cn1cccn1)NC(=O)c1ccccc1N. The van der Waals surface area contributed by atoms with Gasteiger partial charge in [0.15, 0.2) is 0 Å². The van der Waals surface area contributed by atoms with Crippen molar-refractivity contribution in [3.8, 4) is 0 Å². The third kappa shape index (κ3) is 2.88. The summed E-state index contributed by atoms with van der Waals surface area (Å²) in [5.74, 6) is -0.159. The van der Waals surface area contributed by atoms with E-state index in [1.807, 2.05) is 19.2 Å². The molecule has 0 saturated carbocycles. The van der Waals surface area contributed by atoms with E-state index in [9.17, 15) is 4.79 Å². The van der Waals surface area contributed by atoms with Crippen LogP contribution in [0.25, 0.3) is 0 Å². The number of hydrogen-bond acceptors (Lipinski definition) is 3. The van der Waals surface area contributed by atoms with Crippen molar-refractivity contribution in [2.75, 3.05) is 5.73 Å². The van der Waals surface area contributed by atoms with E-state index in [-0.39, 0.29) is 11.9 Å². The molecular weight excluding hydrogens is 228 g/mol. The number of benzene rings is 1. The number of nitrogen functional groups attached to an aromatic ring is 1. The van der Waals surface area contributed by atoms with Crippen molar-refractivity contribution >= 4 is 11.6 Å². The predicted molar refractivity (Wildman–Crippen MR) is 70.0 cm³/mol. The third-order valence-electron chi connectivity index (χ3n) is 2.60. The van der Waals surface area contributed by atoms with Gasteiger partial charge in [-0.3, -0.25) is 9.48 Å². The Morgan fingerprint density at radius 3 is 2.89 bits per heavy atom. The Bertz CT molecular complexity index is 522. The zero-order valence-electron chi connectivity index (χ0n) is 10.2. The van der Waals surface area contributed by atoms with Crippen LogP contribution in [0.5, 0.6) is 0 Å². The molecule has 1 aromatic carbocycles. The van der Waals surface area contributed by atoms with Gasteiger partial charge in [-0.1, -0.05) is 12.1 Å². The lowest BCUT2D eigenvalue weighted by Crippen LogP contribution is -2.36. The van der Waals surface area contributed by atoms with Gasteiger partial charge in [0.2, 0.25) is 0 Å². The van der Waals surface area contributed by atoms with E-state index < -0.39 is 0 Å². The minimum atomic E-state index is -0.159. The maximum atomic E-state index is 12.0. The summed E-state index contributed by atoms with van der Waals surface area (Å²) in [7, 11) is 0. The highest BCUT2D eigenvalue weighted by molar-refractivity contribution is 5.99. The average Bonchev–Trinajstić information content (AvgIpc) is 2.82. The lowest BCUT2D eigenvalue weighted by atomic mass is 10.1. The van der Waals surface area contributed by atoms with Crippen LogP contribution in [0.1, 0.15) is 17.3 Å². The molecule has 1 atom stereocenters. The Hall–Kier alpha value is -2.30. The molecule has 1 aromatic heterocycles. The molecule has 18 heavy (non-hydrogen) atoms. The maximum absolute atomic E-state index is 12.0. The second-order valence-electron chi connectivity index (χ2n) is 4.19. The normalized spacial score (nSPS) is 12.1. The standard InChI is InChI=1S/C13H16N4O/c1-10(9-17-8-4-7-15-17)16-13(18)11-5-2-3-6-12(11)14/h2-8,10H,9,14H2,1H3,(H,16,18). The Morgan fingerprint density at radius 1 is 1.44 bits per heavy atom. The fourth-order valence-electron chi connectivity index (χ4n) is 1.74. The summed E-state index contributed by atoms with van der Waals surface area (Å²) in [6.07, 6.45) is 3.57. The predicted octanol–water partition coefficient (Wildman–Crippen LogP) is 1.28. The van der Waals surface area contributed by atoms with Gasteiger partial charge >= 0.3 is 0 Å². The molecule has 1 heterocycles. The highest BCUT2D eigenvalue weighted by Gasteiger charge is 2.12. The zero-order valence-corrected chi connectivity index (χ0v) is 10.2. The minimum absolute atomic E-state index is 0.0167. The Labute approximate surface area is 106 Å². The average molecular weight is 244 g/mol. The maximum Gasteiger partial charge on any atom is 0.253 e. The molecule has 5 heteroatoms. The topological polar surface area (TPSA) is 72.9 Å². The fourth-order valence-corrected chi connectivity index (χ4v) is 1.74. The van der Waals surface area contributed by atoms with Crippen LogP contribution >= 0.6 is 0 Å². The molecule has 0 saturated heterocycles. The smallest absolute Gasteiger partial charge is 0.253 e. The largest absolute Gasteiger partial charge is 0.398 e. The summed E-state index contributed by atoms with van der Waals surface area (Å²) in [6.45, 7) is 2.56. The Kier molecular flexibility index (Phi) is 3.62. The van der Waals surface area contributed by atoms with Crippen molar-refractivity contribution in [2.24, 2.45) is 0 Å². The van der Waals surface area contributed by atoms with Gasteiger partial charge in [0.05, 0.1) is 12.1 Å². The summed E-state index contributed by atoms with van der Waals surface area (Å²) in [5.41, 5.74) is 6.75. The highest BCUT2D eigenvalue weighted by Crippen LogP contribution is 2.10. The molecular formula is C13H16N4O. The van der Waals surface area contributed by atoms with Crippen LogP contribution in [-0.2, 0) is 6.54 Å². The van der Waals surface area contributed by atoms with Gasteiger partial charge in [-0.15, -0.1) is 0 Å². The molecule has 0 bridgehead atoms. The molecule has 2 aromatic rings. The molecule has 0 aliphatic carbocycles. The lowest BCUT2D eigenvalue weighted by Gasteiger charge is -2.14. The number of para-hydroxylation sites is 1. The van der Waals surface area contributed by atoms with Gasteiger partial charge < -0.3 is 11.1 Å². The first-order chi connectivity index (χ1) is 8.66. The molecule has 5 nitrogen and oxygen atoms in total. The molecule has 0 aliphatic heterocycles. The second-order valence-corrected chi connectivity index (χ2v) is 4.19. The van der Waals surface area contributed by atoms with Gasteiger partial charge in [-0.25, -0.2) is 0 Å². The first-order valence-corrected chi connectivity index (χ1v) is 5.79. The van der Waals surface area contributed by atoms with Crippen molar-refractivity contribution in [2.45, 2.75) is 19.5 Å². The van der Waals surface area contributed by atoms with Crippen LogP contribution in [0.4, 0.5) is 5.69 Å². The van der Waals surface area contributed by atoms with E-state index in [0.717, 1.165) is 0 Å². The van der Waals surface area contributed by atoms with E-state index in [4.69, 9.17) is 5.73 Å². The number of nitrogens with two attached hydrogens (primary N) is 1. The van der Waals surface area contributed by atoms with Gasteiger partial charge in [0.25, 0.3) is 5.91 Å². The summed E-state index contributed by atoms with van der Waals surface area (Å²) in [6, 6.07) is 8.86. The Balaban J connectivity index is 1.97. The van der Waals surface area contributed by atoms with Gasteiger partial charge in [0.1, 0.15) is 0 Å². The number of aromatic nitrogens is 2. The molecule has 0 fully saturated rings. The van der Waals surface area contributed by atoms with Crippen LogP contribution in [0, 0.1) is 0 Å². The van der Waals surface area contributed by atoms with E-state index in [2.05, 4.69) is 10.4 Å². The molecule has 94 valence electrons. The van der Waals surface area contributed by atoms with Crippen molar-refractivity contribution in [3.05, 3.63) is 48.3 Å². The van der Waals surface area contributed by atoms with Gasteiger partial charge in [-0.2, -0.15) is 5.10 Å². The number of amides is 1.